The maximum atomic E-state index is 11.6. The Balaban J connectivity index is 2.11. The van der Waals surface area contributed by atoms with Gasteiger partial charge in [-0.05, 0) is 6.92 Å². The van der Waals surface area contributed by atoms with Crippen LogP contribution in [0, 0.1) is 12.3 Å². The molecular formula is C12H15NO5. The zero-order valence-electron chi connectivity index (χ0n) is 10.3. The first-order valence-corrected chi connectivity index (χ1v) is 5.75. The van der Waals surface area contributed by atoms with Gasteiger partial charge in [0.05, 0.1) is 12.1 Å². The van der Waals surface area contributed by atoms with Crippen LogP contribution in [0.25, 0.3) is 0 Å². The maximum Gasteiger partial charge on any atom is 0.417 e. The normalized spacial score (nSPS) is 34.7. The van der Waals surface area contributed by atoms with E-state index in [1.165, 1.54) is 6.92 Å². The van der Waals surface area contributed by atoms with Crippen molar-refractivity contribution in [2.24, 2.45) is 0 Å². The van der Waals surface area contributed by atoms with Gasteiger partial charge >= 0.3 is 6.09 Å². The van der Waals surface area contributed by atoms with Crippen molar-refractivity contribution in [2.45, 2.75) is 44.8 Å². The first kappa shape index (κ1) is 12.9. The summed E-state index contributed by atoms with van der Waals surface area (Å²) in [6.07, 6.45) is 3.58. The molecule has 2 heterocycles. The molecule has 0 aromatic heterocycles. The lowest BCUT2D eigenvalue weighted by Crippen LogP contribution is -2.51. The Morgan fingerprint density at radius 2 is 2.39 bits per heavy atom. The summed E-state index contributed by atoms with van der Waals surface area (Å²) >= 11 is 0. The molecule has 98 valence electrons. The van der Waals surface area contributed by atoms with E-state index < -0.39 is 18.5 Å². The minimum absolute atomic E-state index is 0.129. The predicted octanol–water partition coefficient (Wildman–Crippen LogP) is 0.507. The summed E-state index contributed by atoms with van der Waals surface area (Å²) in [5.41, 5.74) is 0. The molecule has 0 aromatic rings. The summed E-state index contributed by atoms with van der Waals surface area (Å²) in [5, 5.41) is 0. The number of terminal acetylenes is 1. The van der Waals surface area contributed by atoms with Crippen molar-refractivity contribution in [3.8, 4) is 12.3 Å². The second-order valence-corrected chi connectivity index (χ2v) is 4.33. The zero-order chi connectivity index (χ0) is 13.3. The number of amides is 2. The summed E-state index contributed by atoms with van der Waals surface area (Å²) in [7, 11) is 0. The highest BCUT2D eigenvalue weighted by Crippen LogP contribution is 2.32. The van der Waals surface area contributed by atoms with E-state index in [1.54, 1.807) is 6.92 Å². The van der Waals surface area contributed by atoms with E-state index in [0.29, 0.717) is 6.42 Å². The molecule has 4 atom stereocenters. The standard InChI is InChI=1S/C12H15NO5/c1-4-5-16-10-6-9-11(7(2)17-10)18-12(15)13(9)8(3)14/h1,7,9-11H,5-6H2,2-3H3/t7-,9-,10+,11+/m0/s1. The number of nitrogens with zero attached hydrogens (tertiary/aromatic N) is 1. The molecular weight excluding hydrogens is 238 g/mol. The van der Waals surface area contributed by atoms with Crippen LogP contribution in [0.2, 0.25) is 0 Å². The Kier molecular flexibility index (Phi) is 3.55. The summed E-state index contributed by atoms with van der Waals surface area (Å²) < 4.78 is 16.0. The molecule has 6 heteroatoms. The van der Waals surface area contributed by atoms with Gasteiger partial charge < -0.3 is 14.2 Å². The highest BCUT2D eigenvalue weighted by Gasteiger charge is 2.51. The molecule has 2 saturated heterocycles. The number of carbonyl (C=O) groups is 2. The summed E-state index contributed by atoms with van der Waals surface area (Å²) in [6.45, 7) is 3.24. The van der Waals surface area contributed by atoms with E-state index in [1.807, 2.05) is 0 Å². The fourth-order valence-corrected chi connectivity index (χ4v) is 2.36. The van der Waals surface area contributed by atoms with Crippen LogP contribution in [0.1, 0.15) is 20.3 Å². The second-order valence-electron chi connectivity index (χ2n) is 4.33. The van der Waals surface area contributed by atoms with E-state index >= 15 is 0 Å². The smallest absolute Gasteiger partial charge is 0.417 e. The minimum atomic E-state index is -0.620. The SMILES string of the molecule is C#CCO[C@H]1C[C@H]2[C@H](OC(=O)N2C(C)=O)[C@H](C)O1. The molecule has 0 saturated carbocycles. The number of imide groups is 1. The third kappa shape index (κ3) is 2.19. The maximum absolute atomic E-state index is 11.6. The monoisotopic (exact) mass is 253 g/mol. The van der Waals surface area contributed by atoms with Gasteiger partial charge in [0.15, 0.2) is 12.4 Å². The molecule has 2 fully saturated rings. The minimum Gasteiger partial charge on any atom is -0.441 e. The molecule has 2 rings (SSSR count). The van der Waals surface area contributed by atoms with E-state index in [4.69, 9.17) is 20.6 Å². The Morgan fingerprint density at radius 1 is 1.67 bits per heavy atom. The summed E-state index contributed by atoms with van der Waals surface area (Å²) in [4.78, 5) is 24.2. The fraction of sp³-hybridized carbons (Fsp3) is 0.667. The first-order chi connectivity index (χ1) is 8.54. The van der Waals surface area contributed by atoms with Crippen molar-refractivity contribution in [3.05, 3.63) is 0 Å². The highest BCUT2D eigenvalue weighted by molar-refractivity contribution is 5.92. The molecule has 0 spiro atoms. The summed E-state index contributed by atoms with van der Waals surface area (Å²) in [6, 6.07) is -0.346. The van der Waals surface area contributed by atoms with Gasteiger partial charge in [0.2, 0.25) is 5.91 Å². The number of ether oxygens (including phenoxy) is 3. The van der Waals surface area contributed by atoms with E-state index in [0.717, 1.165) is 4.90 Å². The number of carbonyl (C=O) groups excluding carboxylic acids is 2. The van der Waals surface area contributed by atoms with Crippen molar-refractivity contribution >= 4 is 12.0 Å². The fourth-order valence-electron chi connectivity index (χ4n) is 2.36. The number of hydrogen-bond acceptors (Lipinski definition) is 5. The van der Waals surface area contributed by atoms with Crippen LogP contribution in [-0.2, 0) is 19.0 Å². The van der Waals surface area contributed by atoms with E-state index in [9.17, 15) is 9.59 Å². The van der Waals surface area contributed by atoms with Crippen LogP contribution in [0.5, 0.6) is 0 Å². The Labute approximate surface area is 105 Å². The van der Waals surface area contributed by atoms with Gasteiger partial charge in [-0.3, -0.25) is 4.79 Å². The molecule has 0 radical (unpaired) electrons. The lowest BCUT2D eigenvalue weighted by Gasteiger charge is -2.35. The third-order valence-corrected chi connectivity index (χ3v) is 3.10. The van der Waals surface area contributed by atoms with E-state index in [2.05, 4.69) is 5.92 Å². The van der Waals surface area contributed by atoms with Gasteiger partial charge in [0, 0.05) is 13.3 Å². The van der Waals surface area contributed by atoms with E-state index in [-0.39, 0.29) is 24.7 Å². The zero-order valence-corrected chi connectivity index (χ0v) is 10.3. The molecule has 0 aliphatic carbocycles. The van der Waals surface area contributed by atoms with Crippen molar-refractivity contribution < 1.29 is 23.8 Å². The van der Waals surface area contributed by atoms with Crippen molar-refractivity contribution in [1.82, 2.24) is 4.90 Å². The Bertz CT molecular complexity index is 402. The van der Waals surface area contributed by atoms with Crippen molar-refractivity contribution in [2.75, 3.05) is 6.61 Å². The predicted molar refractivity (Wildman–Crippen MR) is 60.3 cm³/mol. The topological polar surface area (TPSA) is 65.1 Å². The van der Waals surface area contributed by atoms with Crippen molar-refractivity contribution in [1.29, 1.82) is 0 Å². The van der Waals surface area contributed by atoms with Gasteiger partial charge in [-0.25, -0.2) is 9.69 Å². The number of hydrogen-bond donors (Lipinski definition) is 0. The average Bonchev–Trinajstić information content (AvgIpc) is 2.63. The largest absolute Gasteiger partial charge is 0.441 e. The molecule has 0 aromatic carbocycles. The molecule has 18 heavy (non-hydrogen) atoms. The van der Waals surface area contributed by atoms with Gasteiger partial charge in [-0.1, -0.05) is 5.92 Å². The Hall–Kier alpha value is -1.58. The van der Waals surface area contributed by atoms with Crippen LogP contribution in [0.3, 0.4) is 0 Å². The highest BCUT2D eigenvalue weighted by atomic mass is 16.7. The third-order valence-electron chi connectivity index (χ3n) is 3.10. The van der Waals surface area contributed by atoms with Crippen molar-refractivity contribution in [3.63, 3.8) is 0 Å². The lowest BCUT2D eigenvalue weighted by molar-refractivity contribution is -0.214. The van der Waals surface area contributed by atoms with Crippen LogP contribution < -0.4 is 0 Å². The van der Waals surface area contributed by atoms with Gasteiger partial charge in [0.1, 0.15) is 6.61 Å². The van der Waals surface area contributed by atoms with Crippen LogP contribution in [-0.4, -0.2) is 48.0 Å². The van der Waals surface area contributed by atoms with Crippen LogP contribution >= 0.6 is 0 Å². The molecule has 2 amide bonds. The second kappa shape index (κ2) is 4.96. The van der Waals surface area contributed by atoms with Crippen LogP contribution in [0.15, 0.2) is 0 Å². The van der Waals surface area contributed by atoms with Crippen LogP contribution in [0.4, 0.5) is 4.79 Å². The molecule has 2 aliphatic rings. The number of rotatable bonds is 2. The first-order valence-electron chi connectivity index (χ1n) is 5.75. The summed E-state index contributed by atoms with van der Waals surface area (Å²) in [5.74, 6) is 2.02. The molecule has 6 nitrogen and oxygen atoms in total. The Morgan fingerprint density at radius 3 is 3.00 bits per heavy atom. The van der Waals surface area contributed by atoms with Gasteiger partial charge in [0.25, 0.3) is 0 Å². The quantitative estimate of drug-likeness (QED) is 0.671. The molecule has 0 unspecified atom stereocenters. The number of fused-ring (bicyclic) bond motifs is 1. The average molecular weight is 253 g/mol. The van der Waals surface area contributed by atoms with Gasteiger partial charge in [-0.2, -0.15) is 0 Å². The lowest BCUT2D eigenvalue weighted by atomic mass is 9.99. The van der Waals surface area contributed by atoms with Gasteiger partial charge in [-0.15, -0.1) is 6.42 Å². The molecule has 2 aliphatic heterocycles. The molecule has 0 N–H and O–H groups in total. The molecule has 0 bridgehead atoms.